The highest BCUT2D eigenvalue weighted by Gasteiger charge is 2.11. The highest BCUT2D eigenvalue weighted by Crippen LogP contribution is 2.24. The number of unbranched alkanes of at least 4 members (excludes halogenated alkanes) is 2. The Bertz CT molecular complexity index is 1260. The number of hydrogen-bond donors (Lipinski definition) is 0. The number of benzene rings is 3. The van der Waals surface area contributed by atoms with Gasteiger partial charge in [0.2, 0.25) is 0 Å². The summed E-state index contributed by atoms with van der Waals surface area (Å²) in [6.45, 7) is 2.87. The quantitative estimate of drug-likeness (QED) is 0.171. The Morgan fingerprint density at radius 2 is 1.57 bits per heavy atom. The largest absolute Gasteiger partial charge is 0.494 e. The average Bonchev–Trinajstić information content (AvgIpc) is 2.76. The molecule has 0 saturated heterocycles. The van der Waals surface area contributed by atoms with E-state index >= 15 is 0 Å². The fourth-order valence-electron chi connectivity index (χ4n) is 3.26. The molecule has 0 atom stereocenters. The van der Waals surface area contributed by atoms with E-state index in [1.807, 2.05) is 24.3 Å². The predicted molar refractivity (Wildman–Crippen MR) is 116 cm³/mol. The molecule has 0 aliphatic carbocycles. The van der Waals surface area contributed by atoms with Gasteiger partial charge in [0.15, 0.2) is 0 Å². The van der Waals surface area contributed by atoms with Gasteiger partial charge in [-0.15, -0.1) is 0 Å². The summed E-state index contributed by atoms with van der Waals surface area (Å²) in [5.74, 6) is 0.766. The third-order valence-electron chi connectivity index (χ3n) is 4.87. The third-order valence-corrected chi connectivity index (χ3v) is 4.87. The Morgan fingerprint density at radius 1 is 0.833 bits per heavy atom. The smallest absolute Gasteiger partial charge is 0.343 e. The second-order valence-corrected chi connectivity index (χ2v) is 7.12. The maximum absolute atomic E-state index is 12.6. The topological polar surface area (TPSA) is 65.7 Å². The summed E-state index contributed by atoms with van der Waals surface area (Å²) in [5.41, 5.74) is 0.484. The Balaban J connectivity index is 1.49. The standard InChI is InChI=1S/C25H22O5/c1-2-3-4-13-28-21-9-7-17-14-20(6-5-18(17)15-21)25(27)29-22-10-11-23-19(16-22)8-12-24(26)30-23/h5-12,14-16H,2-4,13H2,1H3. The lowest BCUT2D eigenvalue weighted by atomic mass is 10.1. The van der Waals surface area contributed by atoms with Crippen LogP contribution in [0.2, 0.25) is 0 Å². The molecule has 0 N–H and O–H groups in total. The Morgan fingerprint density at radius 3 is 2.43 bits per heavy atom. The molecule has 4 aromatic rings. The molecule has 5 heteroatoms. The summed E-state index contributed by atoms with van der Waals surface area (Å²) < 4.78 is 16.4. The van der Waals surface area contributed by atoms with Gasteiger partial charge in [0.25, 0.3) is 0 Å². The maximum Gasteiger partial charge on any atom is 0.343 e. The van der Waals surface area contributed by atoms with E-state index in [0.29, 0.717) is 28.9 Å². The van der Waals surface area contributed by atoms with Crippen LogP contribution < -0.4 is 15.1 Å². The van der Waals surface area contributed by atoms with Gasteiger partial charge in [0, 0.05) is 11.5 Å². The molecule has 0 fully saturated rings. The molecule has 152 valence electrons. The van der Waals surface area contributed by atoms with Crippen molar-refractivity contribution in [3.8, 4) is 11.5 Å². The van der Waals surface area contributed by atoms with E-state index < -0.39 is 11.6 Å². The molecule has 30 heavy (non-hydrogen) atoms. The Hall–Kier alpha value is -3.60. The number of carbonyl (C=O) groups is 1. The zero-order valence-corrected chi connectivity index (χ0v) is 16.7. The SMILES string of the molecule is CCCCCOc1ccc2cc(C(=O)Oc3ccc4oc(=O)ccc4c3)ccc2c1. The van der Waals surface area contributed by atoms with Crippen molar-refractivity contribution in [3.63, 3.8) is 0 Å². The van der Waals surface area contributed by atoms with E-state index in [1.54, 1.807) is 36.4 Å². The molecule has 3 aromatic carbocycles. The molecule has 4 rings (SSSR count). The zero-order chi connectivity index (χ0) is 20.9. The van der Waals surface area contributed by atoms with Crippen LogP contribution in [0.15, 0.2) is 75.9 Å². The highest BCUT2D eigenvalue weighted by atomic mass is 16.5. The molecule has 5 nitrogen and oxygen atoms in total. The Labute approximate surface area is 173 Å². The number of fused-ring (bicyclic) bond motifs is 2. The van der Waals surface area contributed by atoms with Gasteiger partial charge < -0.3 is 13.9 Å². The van der Waals surface area contributed by atoms with Crippen LogP contribution in [-0.2, 0) is 0 Å². The summed E-state index contributed by atoms with van der Waals surface area (Å²) in [5, 5.41) is 2.62. The van der Waals surface area contributed by atoms with Gasteiger partial charge in [0.05, 0.1) is 12.2 Å². The summed E-state index contributed by atoms with van der Waals surface area (Å²) in [7, 11) is 0. The summed E-state index contributed by atoms with van der Waals surface area (Å²) in [6.07, 6.45) is 3.36. The van der Waals surface area contributed by atoms with Crippen molar-refractivity contribution in [2.45, 2.75) is 26.2 Å². The van der Waals surface area contributed by atoms with Gasteiger partial charge in [-0.1, -0.05) is 31.9 Å². The van der Waals surface area contributed by atoms with Crippen molar-refractivity contribution in [2.75, 3.05) is 6.61 Å². The minimum Gasteiger partial charge on any atom is -0.494 e. The fraction of sp³-hybridized carbons (Fsp3) is 0.200. The van der Waals surface area contributed by atoms with Crippen LogP contribution in [0.3, 0.4) is 0 Å². The lowest BCUT2D eigenvalue weighted by molar-refractivity contribution is 0.0735. The van der Waals surface area contributed by atoms with E-state index in [2.05, 4.69) is 6.92 Å². The first kappa shape index (κ1) is 19.7. The van der Waals surface area contributed by atoms with E-state index in [4.69, 9.17) is 13.9 Å². The van der Waals surface area contributed by atoms with Crippen molar-refractivity contribution < 1.29 is 18.7 Å². The summed E-state index contributed by atoms with van der Waals surface area (Å²) in [6, 6.07) is 19.1. The zero-order valence-electron chi connectivity index (χ0n) is 16.7. The van der Waals surface area contributed by atoms with Crippen LogP contribution in [-0.4, -0.2) is 12.6 Å². The van der Waals surface area contributed by atoms with Crippen LogP contribution in [0, 0.1) is 0 Å². The molecular weight excluding hydrogens is 380 g/mol. The molecule has 0 bridgehead atoms. The van der Waals surface area contributed by atoms with Crippen LogP contribution >= 0.6 is 0 Å². The van der Waals surface area contributed by atoms with Gasteiger partial charge in [-0.3, -0.25) is 0 Å². The van der Waals surface area contributed by atoms with Crippen LogP contribution in [0.4, 0.5) is 0 Å². The second-order valence-electron chi connectivity index (χ2n) is 7.12. The second kappa shape index (κ2) is 8.82. The van der Waals surface area contributed by atoms with Gasteiger partial charge in [0.1, 0.15) is 17.1 Å². The predicted octanol–water partition coefficient (Wildman–Crippen LogP) is 5.73. The fourth-order valence-corrected chi connectivity index (χ4v) is 3.26. The molecule has 0 spiro atoms. The first-order valence-electron chi connectivity index (χ1n) is 10.0. The lowest BCUT2D eigenvalue weighted by Gasteiger charge is -2.09. The van der Waals surface area contributed by atoms with Crippen LogP contribution in [0.1, 0.15) is 36.5 Å². The van der Waals surface area contributed by atoms with Crippen LogP contribution in [0.25, 0.3) is 21.7 Å². The number of carbonyl (C=O) groups excluding carboxylic acids is 1. The molecule has 1 aromatic heterocycles. The highest BCUT2D eigenvalue weighted by molar-refractivity contribution is 5.97. The van der Waals surface area contributed by atoms with Gasteiger partial charge in [-0.05, 0) is 65.7 Å². The molecule has 1 heterocycles. The lowest BCUT2D eigenvalue weighted by Crippen LogP contribution is -2.08. The van der Waals surface area contributed by atoms with Crippen molar-refractivity contribution in [1.29, 1.82) is 0 Å². The van der Waals surface area contributed by atoms with E-state index in [-0.39, 0.29) is 0 Å². The van der Waals surface area contributed by atoms with E-state index in [1.165, 1.54) is 6.07 Å². The first-order chi connectivity index (χ1) is 14.6. The van der Waals surface area contributed by atoms with Crippen LogP contribution in [0.5, 0.6) is 11.5 Å². The minimum absolute atomic E-state index is 0.386. The van der Waals surface area contributed by atoms with Crippen molar-refractivity contribution in [2.24, 2.45) is 0 Å². The molecule has 0 aliphatic heterocycles. The van der Waals surface area contributed by atoms with E-state index in [9.17, 15) is 9.59 Å². The van der Waals surface area contributed by atoms with Crippen molar-refractivity contribution in [1.82, 2.24) is 0 Å². The molecule has 0 unspecified atom stereocenters. The normalized spacial score (nSPS) is 11.0. The van der Waals surface area contributed by atoms with Gasteiger partial charge in [-0.25, -0.2) is 9.59 Å². The van der Waals surface area contributed by atoms with Gasteiger partial charge in [-0.2, -0.15) is 0 Å². The average molecular weight is 402 g/mol. The Kier molecular flexibility index (Phi) is 5.80. The number of hydrogen-bond acceptors (Lipinski definition) is 5. The summed E-state index contributed by atoms with van der Waals surface area (Å²) >= 11 is 0. The molecule has 0 amide bonds. The molecular formula is C25H22O5. The minimum atomic E-state index is -0.450. The molecule has 0 saturated carbocycles. The summed E-state index contributed by atoms with van der Waals surface area (Å²) in [4.78, 5) is 23.9. The number of esters is 1. The molecule has 0 radical (unpaired) electrons. The number of ether oxygens (including phenoxy) is 2. The van der Waals surface area contributed by atoms with E-state index in [0.717, 1.165) is 35.8 Å². The van der Waals surface area contributed by atoms with Crippen molar-refractivity contribution >= 4 is 27.7 Å². The number of rotatable bonds is 7. The maximum atomic E-state index is 12.6. The third kappa shape index (κ3) is 4.51. The molecule has 0 aliphatic rings. The monoisotopic (exact) mass is 402 g/mol. The van der Waals surface area contributed by atoms with Gasteiger partial charge >= 0.3 is 11.6 Å². The first-order valence-corrected chi connectivity index (χ1v) is 10.0. The van der Waals surface area contributed by atoms with Crippen molar-refractivity contribution in [3.05, 3.63) is 82.7 Å².